The molecule has 0 aliphatic heterocycles. The van der Waals surface area contributed by atoms with E-state index in [2.05, 4.69) is 33.4 Å². The number of phenols is 2. The highest BCUT2D eigenvalue weighted by molar-refractivity contribution is 5.51. The number of hydrogen-bond acceptors (Lipinski definition) is 2. The molecule has 1 aliphatic rings. The minimum Gasteiger partial charge on any atom is -0.507 e. The number of rotatable bonds is 5. The molecule has 0 spiro atoms. The van der Waals surface area contributed by atoms with Crippen molar-refractivity contribution in [1.82, 2.24) is 0 Å². The smallest absolute Gasteiger partial charge is 0.123 e. The maximum atomic E-state index is 10.4. The first-order valence-corrected chi connectivity index (χ1v) is 9.23. The molecule has 0 heterocycles. The van der Waals surface area contributed by atoms with Crippen molar-refractivity contribution in [1.29, 1.82) is 0 Å². The van der Waals surface area contributed by atoms with Crippen molar-refractivity contribution in [3.8, 4) is 11.5 Å². The van der Waals surface area contributed by atoms with Crippen molar-refractivity contribution in [2.24, 2.45) is 5.92 Å². The number of aryl methyl sites for hydroxylation is 1. The van der Waals surface area contributed by atoms with E-state index in [1.54, 1.807) is 6.08 Å². The number of aromatic hydroxyl groups is 2. The van der Waals surface area contributed by atoms with Gasteiger partial charge in [0.05, 0.1) is 0 Å². The fourth-order valence-electron chi connectivity index (χ4n) is 3.30. The Bertz CT molecular complexity index is 534. The molecule has 0 radical (unpaired) electrons. The minimum absolute atomic E-state index is 0.128. The highest BCUT2D eigenvalue weighted by Gasteiger charge is 2.26. The molecule has 0 aromatic heterocycles. The number of benzene rings is 1. The quantitative estimate of drug-likeness (QED) is 0.479. The highest BCUT2D eigenvalue weighted by Crippen LogP contribution is 2.44. The van der Waals surface area contributed by atoms with Crippen LogP contribution in [0.3, 0.4) is 0 Å². The fourth-order valence-corrected chi connectivity index (χ4v) is 3.30. The van der Waals surface area contributed by atoms with E-state index in [9.17, 15) is 10.2 Å². The van der Waals surface area contributed by atoms with Gasteiger partial charge in [0.25, 0.3) is 0 Å². The standard InChI is InChI=1S/C19H28O2.C3H6/c1-4-5-6-7-15-11-17(20)19(18(21)12-15)16-10-13(2)8-9-14(16)3;1-3-2/h10-12,14,16,20-21H,4-9H2,1-3H3;3H,1H2,2H3. The van der Waals surface area contributed by atoms with Crippen LogP contribution in [0, 0.1) is 5.92 Å². The zero-order chi connectivity index (χ0) is 18.1. The number of allylic oxidation sites excluding steroid dienone is 3. The van der Waals surface area contributed by atoms with Gasteiger partial charge in [-0.1, -0.05) is 44.4 Å². The lowest BCUT2D eigenvalue weighted by atomic mass is 9.77. The summed E-state index contributed by atoms with van der Waals surface area (Å²) in [6.45, 7) is 11.8. The molecule has 24 heavy (non-hydrogen) atoms. The molecule has 2 N–H and O–H groups in total. The molecule has 0 amide bonds. The Morgan fingerprint density at radius 3 is 2.33 bits per heavy atom. The fraction of sp³-hybridized carbons (Fsp3) is 0.545. The van der Waals surface area contributed by atoms with Crippen molar-refractivity contribution >= 4 is 0 Å². The van der Waals surface area contributed by atoms with Gasteiger partial charge in [-0.3, -0.25) is 0 Å². The van der Waals surface area contributed by atoms with E-state index in [-0.39, 0.29) is 17.4 Å². The van der Waals surface area contributed by atoms with Crippen LogP contribution >= 0.6 is 0 Å². The first-order chi connectivity index (χ1) is 11.4. The van der Waals surface area contributed by atoms with Crippen molar-refractivity contribution in [3.05, 3.63) is 47.6 Å². The summed E-state index contributed by atoms with van der Waals surface area (Å²) in [6, 6.07) is 3.68. The normalized spacial score (nSPS) is 19.9. The van der Waals surface area contributed by atoms with Crippen molar-refractivity contribution in [2.45, 2.75) is 72.1 Å². The molecule has 2 unspecified atom stereocenters. The van der Waals surface area contributed by atoms with Crippen molar-refractivity contribution in [2.75, 3.05) is 0 Å². The first-order valence-electron chi connectivity index (χ1n) is 9.23. The summed E-state index contributed by atoms with van der Waals surface area (Å²) in [5, 5.41) is 20.8. The van der Waals surface area contributed by atoms with Gasteiger partial charge in [-0.25, -0.2) is 0 Å². The Hall–Kier alpha value is -1.70. The molecule has 0 saturated heterocycles. The molecule has 2 atom stereocenters. The van der Waals surface area contributed by atoms with Crippen LogP contribution < -0.4 is 0 Å². The first kappa shape index (κ1) is 20.3. The summed E-state index contributed by atoms with van der Waals surface area (Å²) >= 11 is 0. The second-order valence-electron chi connectivity index (χ2n) is 6.97. The predicted molar refractivity (Wildman–Crippen MR) is 104 cm³/mol. The number of phenolic OH excluding ortho intramolecular Hbond substituents is 2. The Morgan fingerprint density at radius 1 is 1.21 bits per heavy atom. The van der Waals surface area contributed by atoms with Gasteiger partial charge in [-0.2, -0.15) is 0 Å². The van der Waals surface area contributed by atoms with Gasteiger partial charge in [-0.15, -0.1) is 6.58 Å². The monoisotopic (exact) mass is 330 g/mol. The largest absolute Gasteiger partial charge is 0.507 e. The summed E-state index contributed by atoms with van der Waals surface area (Å²) < 4.78 is 0. The van der Waals surface area contributed by atoms with Gasteiger partial charge in [0.15, 0.2) is 0 Å². The average Bonchev–Trinajstić information content (AvgIpc) is 2.51. The van der Waals surface area contributed by atoms with E-state index in [0.29, 0.717) is 11.5 Å². The topological polar surface area (TPSA) is 40.5 Å². The van der Waals surface area contributed by atoms with E-state index in [1.807, 2.05) is 19.1 Å². The van der Waals surface area contributed by atoms with Crippen molar-refractivity contribution in [3.63, 3.8) is 0 Å². The van der Waals surface area contributed by atoms with Crippen LogP contribution in [0.1, 0.15) is 76.8 Å². The summed E-state index contributed by atoms with van der Waals surface area (Å²) in [6.07, 6.45) is 10.6. The van der Waals surface area contributed by atoms with Crippen LogP contribution in [-0.2, 0) is 6.42 Å². The molecule has 1 aromatic carbocycles. The predicted octanol–water partition coefficient (Wildman–Crippen LogP) is 6.48. The molecule has 0 fully saturated rings. The van der Waals surface area contributed by atoms with E-state index in [4.69, 9.17) is 0 Å². The third kappa shape index (κ3) is 5.74. The van der Waals surface area contributed by atoms with Crippen LogP contribution in [0.25, 0.3) is 0 Å². The Labute approximate surface area is 147 Å². The summed E-state index contributed by atoms with van der Waals surface area (Å²) in [7, 11) is 0. The lowest BCUT2D eigenvalue weighted by Crippen LogP contribution is -2.13. The van der Waals surface area contributed by atoms with Gasteiger partial charge in [0.1, 0.15) is 11.5 Å². The Morgan fingerprint density at radius 2 is 1.79 bits per heavy atom. The van der Waals surface area contributed by atoms with E-state index < -0.39 is 0 Å². The molecule has 134 valence electrons. The number of hydrogen-bond donors (Lipinski definition) is 2. The van der Waals surface area contributed by atoms with Crippen LogP contribution in [0.4, 0.5) is 0 Å². The molecular formula is C22H34O2. The molecule has 2 rings (SSSR count). The lowest BCUT2D eigenvalue weighted by molar-refractivity contribution is 0.397. The maximum Gasteiger partial charge on any atom is 0.123 e. The third-order valence-electron chi connectivity index (χ3n) is 4.67. The minimum atomic E-state index is 0.128. The van der Waals surface area contributed by atoms with Gasteiger partial charge < -0.3 is 10.2 Å². The Balaban J connectivity index is 0.000000891. The summed E-state index contributed by atoms with van der Waals surface area (Å²) in [4.78, 5) is 0. The van der Waals surface area contributed by atoms with Gasteiger partial charge in [0, 0.05) is 11.5 Å². The summed E-state index contributed by atoms with van der Waals surface area (Å²) in [5.41, 5.74) is 3.09. The summed E-state index contributed by atoms with van der Waals surface area (Å²) in [5.74, 6) is 1.09. The lowest BCUT2D eigenvalue weighted by Gasteiger charge is -2.28. The molecule has 2 nitrogen and oxygen atoms in total. The SMILES string of the molecule is C=CC.CCCCCc1cc(O)c(C2C=C(C)CCC2C)c(O)c1. The maximum absolute atomic E-state index is 10.4. The highest BCUT2D eigenvalue weighted by atomic mass is 16.3. The van der Waals surface area contributed by atoms with E-state index in [1.165, 1.54) is 18.4 Å². The second kappa shape index (κ2) is 10.2. The zero-order valence-electron chi connectivity index (χ0n) is 15.8. The second-order valence-corrected chi connectivity index (χ2v) is 6.97. The molecule has 2 heteroatoms. The molecule has 1 aromatic rings. The number of unbranched alkanes of at least 4 members (excludes halogenated alkanes) is 2. The van der Waals surface area contributed by atoms with Crippen LogP contribution in [0.2, 0.25) is 0 Å². The van der Waals surface area contributed by atoms with E-state index >= 15 is 0 Å². The molecule has 0 bridgehead atoms. The van der Waals surface area contributed by atoms with Gasteiger partial charge in [0.2, 0.25) is 0 Å². The Kier molecular flexibility index (Phi) is 8.67. The van der Waals surface area contributed by atoms with Gasteiger partial charge in [-0.05, 0) is 63.1 Å². The van der Waals surface area contributed by atoms with Crippen molar-refractivity contribution < 1.29 is 10.2 Å². The molecule has 0 saturated carbocycles. The average molecular weight is 331 g/mol. The third-order valence-corrected chi connectivity index (χ3v) is 4.67. The van der Waals surface area contributed by atoms with Crippen LogP contribution in [-0.4, -0.2) is 10.2 Å². The molecular weight excluding hydrogens is 296 g/mol. The van der Waals surface area contributed by atoms with Crippen LogP contribution in [0.5, 0.6) is 11.5 Å². The van der Waals surface area contributed by atoms with E-state index in [0.717, 1.165) is 31.2 Å². The van der Waals surface area contributed by atoms with Gasteiger partial charge >= 0.3 is 0 Å². The van der Waals surface area contributed by atoms with Crippen LogP contribution in [0.15, 0.2) is 36.4 Å². The molecule has 1 aliphatic carbocycles. The zero-order valence-corrected chi connectivity index (χ0v) is 15.8.